The first-order chi connectivity index (χ1) is 8.55. The predicted octanol–water partition coefficient (Wildman–Crippen LogP) is 3.30. The molecule has 2 saturated carbocycles. The lowest BCUT2D eigenvalue weighted by molar-refractivity contribution is -0.250. The molecule has 18 heavy (non-hydrogen) atoms. The van der Waals surface area contributed by atoms with Crippen molar-refractivity contribution in [1.29, 1.82) is 0 Å². The van der Waals surface area contributed by atoms with E-state index < -0.39 is 0 Å². The molecule has 0 aromatic heterocycles. The van der Waals surface area contributed by atoms with E-state index in [0.717, 1.165) is 25.6 Å². The van der Waals surface area contributed by atoms with Gasteiger partial charge in [-0.25, -0.2) is 0 Å². The molecule has 4 aliphatic carbocycles. The van der Waals surface area contributed by atoms with Crippen LogP contribution in [0.1, 0.15) is 33.1 Å². The zero-order valence-corrected chi connectivity index (χ0v) is 11.4. The largest absolute Gasteiger partial charge is 0.347 e. The van der Waals surface area contributed by atoms with E-state index in [2.05, 4.69) is 26.5 Å². The van der Waals surface area contributed by atoms with Gasteiger partial charge in [-0.3, -0.25) is 0 Å². The van der Waals surface area contributed by atoms with Gasteiger partial charge in [0.25, 0.3) is 0 Å². The first-order valence-corrected chi connectivity index (χ1v) is 7.19. The van der Waals surface area contributed by atoms with E-state index in [0.29, 0.717) is 11.8 Å². The summed E-state index contributed by atoms with van der Waals surface area (Å²) in [6, 6.07) is 0. The average molecular weight is 246 g/mol. The molecule has 0 amide bonds. The van der Waals surface area contributed by atoms with E-state index in [1.807, 2.05) is 0 Å². The van der Waals surface area contributed by atoms with Crippen molar-refractivity contribution >= 4 is 0 Å². The van der Waals surface area contributed by atoms with Crippen LogP contribution in [-0.4, -0.2) is 19.0 Å². The molecule has 98 valence electrons. The van der Waals surface area contributed by atoms with Crippen molar-refractivity contribution in [2.75, 3.05) is 13.2 Å². The van der Waals surface area contributed by atoms with E-state index in [4.69, 9.17) is 9.47 Å². The maximum Gasteiger partial charge on any atom is 0.175 e. The van der Waals surface area contributed by atoms with Crippen molar-refractivity contribution in [3.05, 3.63) is 23.8 Å². The minimum atomic E-state index is -0.306. The summed E-state index contributed by atoms with van der Waals surface area (Å²) in [6.45, 7) is 10.5. The van der Waals surface area contributed by atoms with Gasteiger partial charge in [0.05, 0.1) is 13.2 Å². The Labute approximate surface area is 109 Å². The fourth-order valence-corrected chi connectivity index (χ4v) is 5.09. The van der Waals surface area contributed by atoms with Gasteiger partial charge in [0, 0.05) is 12.3 Å². The molecule has 3 fully saturated rings. The Hall–Kier alpha value is -0.600. The molecule has 4 unspecified atom stereocenters. The summed E-state index contributed by atoms with van der Waals surface area (Å²) < 4.78 is 12.2. The van der Waals surface area contributed by atoms with E-state index >= 15 is 0 Å². The zero-order chi connectivity index (χ0) is 12.5. The summed E-state index contributed by atoms with van der Waals surface area (Å²) in [6.07, 6.45) is 5.87. The molecule has 2 nitrogen and oxygen atoms in total. The lowest BCUT2D eigenvalue weighted by atomic mass is 9.50. The molecular weight excluding hydrogens is 224 g/mol. The van der Waals surface area contributed by atoms with Crippen molar-refractivity contribution in [2.45, 2.75) is 38.9 Å². The third kappa shape index (κ3) is 1.16. The number of hydrogen-bond donors (Lipinski definition) is 0. The highest BCUT2D eigenvalue weighted by atomic mass is 16.7. The van der Waals surface area contributed by atoms with Crippen molar-refractivity contribution in [3.8, 4) is 0 Å². The highest BCUT2D eigenvalue weighted by Crippen LogP contribution is 2.66. The number of rotatable bonds is 0. The second kappa shape index (κ2) is 3.29. The highest BCUT2D eigenvalue weighted by molar-refractivity contribution is 5.32. The van der Waals surface area contributed by atoms with Gasteiger partial charge in [0.15, 0.2) is 5.79 Å². The summed E-state index contributed by atoms with van der Waals surface area (Å²) in [4.78, 5) is 0. The second-order valence-corrected chi connectivity index (χ2v) is 6.91. The zero-order valence-electron chi connectivity index (χ0n) is 11.4. The molecule has 0 aromatic carbocycles. The molecule has 0 N–H and O–H groups in total. The lowest BCUT2D eigenvalue weighted by Gasteiger charge is -2.58. The van der Waals surface area contributed by atoms with Gasteiger partial charge in [0.1, 0.15) is 0 Å². The van der Waals surface area contributed by atoms with Crippen molar-refractivity contribution < 1.29 is 9.47 Å². The number of ether oxygens (including phenoxy) is 2. The minimum Gasteiger partial charge on any atom is -0.347 e. The topological polar surface area (TPSA) is 18.5 Å². The molecule has 5 aliphatic rings. The normalized spacial score (nSPS) is 48.7. The van der Waals surface area contributed by atoms with Crippen LogP contribution in [-0.2, 0) is 9.47 Å². The Morgan fingerprint density at radius 2 is 2.00 bits per heavy atom. The first kappa shape index (κ1) is 11.2. The van der Waals surface area contributed by atoms with Crippen LogP contribution in [0.3, 0.4) is 0 Å². The van der Waals surface area contributed by atoms with Crippen LogP contribution < -0.4 is 0 Å². The SMILES string of the molecule is C=C1CC2C3C=C(C)C(C)(CC34OCCO4)C2C1. The van der Waals surface area contributed by atoms with E-state index in [1.165, 1.54) is 18.4 Å². The number of allylic oxidation sites excluding steroid dienone is 2. The summed E-state index contributed by atoms with van der Waals surface area (Å²) in [5.74, 6) is 1.60. The van der Waals surface area contributed by atoms with E-state index in [9.17, 15) is 0 Å². The maximum absolute atomic E-state index is 6.08. The second-order valence-electron chi connectivity index (χ2n) is 6.91. The Morgan fingerprint density at radius 1 is 1.28 bits per heavy atom. The van der Waals surface area contributed by atoms with Crippen LogP contribution in [0.15, 0.2) is 23.8 Å². The monoisotopic (exact) mass is 246 g/mol. The van der Waals surface area contributed by atoms with Crippen molar-refractivity contribution in [1.82, 2.24) is 0 Å². The van der Waals surface area contributed by atoms with Crippen molar-refractivity contribution in [3.63, 3.8) is 0 Å². The molecule has 1 spiro atoms. The molecule has 1 aliphatic heterocycles. The van der Waals surface area contributed by atoms with Gasteiger partial charge < -0.3 is 9.47 Å². The molecule has 2 bridgehead atoms. The van der Waals surface area contributed by atoms with Crippen LogP contribution in [0.25, 0.3) is 0 Å². The Morgan fingerprint density at radius 3 is 2.72 bits per heavy atom. The molecule has 4 atom stereocenters. The first-order valence-electron chi connectivity index (χ1n) is 7.19. The van der Waals surface area contributed by atoms with E-state index in [1.54, 1.807) is 5.57 Å². The molecular formula is C16H22O2. The summed E-state index contributed by atoms with van der Waals surface area (Å²) >= 11 is 0. The van der Waals surface area contributed by atoms with Crippen molar-refractivity contribution in [2.24, 2.45) is 23.2 Å². The quantitative estimate of drug-likeness (QED) is 0.611. The standard InChI is InChI=1S/C16H22O2/c1-10-6-12-13(7-10)15(3)9-16(17-4-5-18-16)14(12)8-11(15)2/h8,12-14H,1,4-7,9H2,2-3H3. The predicted molar refractivity (Wildman–Crippen MR) is 70.0 cm³/mol. The fourth-order valence-electron chi connectivity index (χ4n) is 5.09. The van der Waals surface area contributed by atoms with Gasteiger partial charge in [0.2, 0.25) is 0 Å². The van der Waals surface area contributed by atoms with Crippen LogP contribution in [0.4, 0.5) is 0 Å². The van der Waals surface area contributed by atoms with Crippen LogP contribution in [0, 0.1) is 23.2 Å². The van der Waals surface area contributed by atoms with Crippen LogP contribution >= 0.6 is 0 Å². The summed E-state index contributed by atoms with van der Waals surface area (Å²) in [7, 11) is 0. The fraction of sp³-hybridized carbons (Fsp3) is 0.750. The Kier molecular flexibility index (Phi) is 2.05. The molecule has 2 heteroatoms. The van der Waals surface area contributed by atoms with Gasteiger partial charge in [-0.1, -0.05) is 30.7 Å². The number of hydrogen-bond acceptors (Lipinski definition) is 2. The van der Waals surface area contributed by atoms with E-state index in [-0.39, 0.29) is 11.2 Å². The lowest BCUT2D eigenvalue weighted by Crippen LogP contribution is -2.58. The maximum atomic E-state index is 6.08. The van der Waals surface area contributed by atoms with Gasteiger partial charge in [-0.05, 0) is 37.0 Å². The highest BCUT2D eigenvalue weighted by Gasteiger charge is 2.64. The Balaban J connectivity index is 1.84. The smallest absolute Gasteiger partial charge is 0.175 e. The molecule has 1 saturated heterocycles. The third-order valence-electron chi connectivity index (χ3n) is 6.06. The minimum absolute atomic E-state index is 0.253. The van der Waals surface area contributed by atoms with Gasteiger partial charge in [-0.2, -0.15) is 0 Å². The van der Waals surface area contributed by atoms with Crippen LogP contribution in [0.5, 0.6) is 0 Å². The molecule has 0 aromatic rings. The summed E-state index contributed by atoms with van der Waals surface area (Å²) in [5, 5.41) is 0. The molecule has 5 rings (SSSR count). The van der Waals surface area contributed by atoms with Crippen LogP contribution in [0.2, 0.25) is 0 Å². The summed E-state index contributed by atoms with van der Waals surface area (Å²) in [5.41, 5.74) is 3.23. The Bertz CT molecular complexity index is 444. The van der Waals surface area contributed by atoms with Gasteiger partial charge >= 0.3 is 0 Å². The molecule has 1 heterocycles. The van der Waals surface area contributed by atoms with Gasteiger partial charge in [-0.15, -0.1) is 0 Å². The third-order valence-corrected chi connectivity index (χ3v) is 6.06. The average Bonchev–Trinajstić information content (AvgIpc) is 2.90. The molecule has 0 radical (unpaired) electrons.